The molecule has 0 amide bonds. The van der Waals surface area contributed by atoms with Gasteiger partial charge < -0.3 is 0 Å². The molecule has 0 bridgehead atoms. The van der Waals surface area contributed by atoms with Crippen LogP contribution in [0.4, 0.5) is 8.78 Å². The molecule has 0 nitrogen and oxygen atoms in total. The minimum absolute atomic E-state index is 0.192. The van der Waals surface area contributed by atoms with Crippen LogP contribution in [0.5, 0.6) is 0 Å². The van der Waals surface area contributed by atoms with E-state index in [1.807, 2.05) is 12.1 Å². The van der Waals surface area contributed by atoms with E-state index in [-0.39, 0.29) is 6.42 Å². The topological polar surface area (TPSA) is 0 Å². The second-order valence-electron chi connectivity index (χ2n) is 9.03. The van der Waals surface area contributed by atoms with Gasteiger partial charge in [-0.1, -0.05) is 127 Å². The van der Waals surface area contributed by atoms with Gasteiger partial charge in [-0.15, -0.1) is 0 Å². The number of halogens is 2. The van der Waals surface area contributed by atoms with E-state index in [2.05, 4.69) is 38.1 Å². The molecule has 0 fully saturated rings. The molecule has 0 N–H and O–H groups in total. The molecule has 176 valence electrons. The number of benzene rings is 2. The number of rotatable bonds is 16. The van der Waals surface area contributed by atoms with Crippen molar-refractivity contribution in [3.63, 3.8) is 0 Å². The van der Waals surface area contributed by atoms with Gasteiger partial charge >= 0.3 is 0 Å². The number of aryl methyl sites for hydroxylation is 1. The Bertz CT molecular complexity index is 771. The normalized spacial score (nSPS) is 12.1. The van der Waals surface area contributed by atoms with Gasteiger partial charge in [-0.2, -0.15) is 0 Å². The highest BCUT2D eigenvalue weighted by Crippen LogP contribution is 2.28. The molecule has 0 saturated carbocycles. The molecule has 2 heteroatoms. The first-order valence-electron chi connectivity index (χ1n) is 12.9. The Morgan fingerprint density at radius 2 is 1.03 bits per heavy atom. The number of unbranched alkanes of at least 4 members (excludes halogenated alkanes) is 10. The van der Waals surface area contributed by atoms with E-state index in [0.717, 1.165) is 43.2 Å². The van der Waals surface area contributed by atoms with Crippen LogP contribution in [0.1, 0.15) is 108 Å². The van der Waals surface area contributed by atoms with Crippen molar-refractivity contribution in [1.82, 2.24) is 0 Å². The van der Waals surface area contributed by atoms with Gasteiger partial charge in [0.2, 0.25) is 0 Å². The predicted octanol–water partition coefficient (Wildman–Crippen LogP) is 10.6. The average molecular weight is 441 g/mol. The Morgan fingerprint density at radius 1 is 0.562 bits per heavy atom. The second kappa shape index (κ2) is 15.8. The van der Waals surface area contributed by atoms with E-state index in [1.54, 1.807) is 12.1 Å². The molecular weight excluding hydrogens is 398 g/mol. The fraction of sp³-hybridized carbons (Fsp3) is 0.533. The molecular formula is C30H42F2. The Kier molecular flexibility index (Phi) is 13.0. The van der Waals surface area contributed by atoms with Crippen molar-refractivity contribution in [2.45, 2.75) is 104 Å². The van der Waals surface area contributed by atoms with Crippen molar-refractivity contribution in [3.05, 3.63) is 65.5 Å². The molecule has 0 radical (unpaired) electrons. The van der Waals surface area contributed by atoms with Crippen LogP contribution in [-0.4, -0.2) is 0 Å². The number of hydrogen-bond acceptors (Lipinski definition) is 0. The van der Waals surface area contributed by atoms with Gasteiger partial charge in [0.15, 0.2) is 5.83 Å². The summed E-state index contributed by atoms with van der Waals surface area (Å²) in [5, 5.41) is 0. The molecule has 0 atom stereocenters. The molecule has 0 aromatic heterocycles. The van der Waals surface area contributed by atoms with Crippen LogP contribution in [0.25, 0.3) is 17.0 Å². The highest BCUT2D eigenvalue weighted by Gasteiger charge is 2.09. The first-order chi connectivity index (χ1) is 15.7. The van der Waals surface area contributed by atoms with Crippen molar-refractivity contribution in [3.8, 4) is 11.1 Å². The smallest absolute Gasteiger partial charge is 0.161 e. The highest BCUT2D eigenvalue weighted by atomic mass is 19.2. The average Bonchev–Trinajstić information content (AvgIpc) is 2.83. The van der Waals surface area contributed by atoms with E-state index < -0.39 is 11.7 Å². The zero-order chi connectivity index (χ0) is 23.0. The molecule has 0 spiro atoms. The van der Waals surface area contributed by atoms with Crippen LogP contribution in [0.3, 0.4) is 0 Å². The first kappa shape index (κ1) is 26.3. The number of hydrogen-bond donors (Lipinski definition) is 0. The summed E-state index contributed by atoms with van der Waals surface area (Å²) in [6.45, 7) is 4.40. The molecule has 2 aromatic rings. The van der Waals surface area contributed by atoms with Crippen LogP contribution < -0.4 is 0 Å². The quantitative estimate of drug-likeness (QED) is 0.228. The van der Waals surface area contributed by atoms with E-state index in [0.29, 0.717) is 12.0 Å². The second-order valence-corrected chi connectivity index (χ2v) is 9.03. The molecule has 2 aromatic carbocycles. The lowest BCUT2D eigenvalue weighted by Gasteiger charge is -2.07. The van der Waals surface area contributed by atoms with Crippen LogP contribution >= 0.6 is 0 Å². The Hall–Kier alpha value is -1.96. The zero-order valence-corrected chi connectivity index (χ0v) is 20.3. The molecule has 0 heterocycles. The van der Waals surface area contributed by atoms with Gasteiger partial charge in [0.25, 0.3) is 0 Å². The molecule has 32 heavy (non-hydrogen) atoms. The summed E-state index contributed by atoms with van der Waals surface area (Å²) in [5.41, 5.74) is 3.84. The molecule has 2 rings (SSSR count). The largest absolute Gasteiger partial charge is 0.209 e. The van der Waals surface area contributed by atoms with Crippen molar-refractivity contribution in [2.75, 3.05) is 0 Å². The molecule has 0 aliphatic carbocycles. The summed E-state index contributed by atoms with van der Waals surface area (Å²) in [4.78, 5) is 0. The number of allylic oxidation sites excluding steroid dienone is 1. The van der Waals surface area contributed by atoms with Crippen LogP contribution in [0, 0.1) is 0 Å². The lowest BCUT2D eigenvalue weighted by atomic mass is 9.99. The maximum absolute atomic E-state index is 14.4. The summed E-state index contributed by atoms with van der Waals surface area (Å²) in [6, 6.07) is 15.8. The Labute approximate surface area is 195 Å². The van der Waals surface area contributed by atoms with E-state index in [9.17, 15) is 8.78 Å². The fourth-order valence-electron chi connectivity index (χ4n) is 4.11. The summed E-state index contributed by atoms with van der Waals surface area (Å²) in [5.74, 6) is -1.33. The van der Waals surface area contributed by atoms with Gasteiger partial charge in [-0.3, -0.25) is 0 Å². The van der Waals surface area contributed by atoms with E-state index in [1.165, 1.54) is 50.5 Å². The fourth-order valence-corrected chi connectivity index (χ4v) is 4.11. The first-order valence-corrected chi connectivity index (χ1v) is 12.9. The van der Waals surface area contributed by atoms with Crippen LogP contribution in [-0.2, 0) is 6.42 Å². The summed E-state index contributed by atoms with van der Waals surface area (Å²) in [7, 11) is 0. The third kappa shape index (κ3) is 9.67. The summed E-state index contributed by atoms with van der Waals surface area (Å²) < 4.78 is 28.6. The van der Waals surface area contributed by atoms with Gasteiger partial charge in [0.1, 0.15) is 5.83 Å². The molecule has 0 unspecified atom stereocenters. The predicted molar refractivity (Wildman–Crippen MR) is 136 cm³/mol. The van der Waals surface area contributed by atoms with Gasteiger partial charge in [-0.25, -0.2) is 8.78 Å². The van der Waals surface area contributed by atoms with E-state index in [4.69, 9.17) is 0 Å². The third-order valence-corrected chi connectivity index (χ3v) is 6.23. The Morgan fingerprint density at radius 3 is 1.59 bits per heavy atom. The SMILES string of the molecule is CCCCCCCCCc1ccc(-c2ccc(C(F)=C(F)CCCCCCC)cc2)cc1. The molecule has 0 aliphatic rings. The molecule has 0 saturated heterocycles. The standard InChI is InChI=1S/C30H42F2/c1-3-5-7-9-10-12-13-15-25-17-19-26(20-18-25)27-21-23-28(24-22-27)30(32)29(31)16-14-11-8-6-4-2/h17-24H,3-16H2,1-2H3. The maximum Gasteiger partial charge on any atom is 0.161 e. The molecule has 0 aliphatic heterocycles. The van der Waals surface area contributed by atoms with E-state index >= 15 is 0 Å². The van der Waals surface area contributed by atoms with Crippen molar-refractivity contribution < 1.29 is 8.78 Å². The lowest BCUT2D eigenvalue weighted by Crippen LogP contribution is -1.88. The van der Waals surface area contributed by atoms with Crippen molar-refractivity contribution in [1.29, 1.82) is 0 Å². The van der Waals surface area contributed by atoms with Gasteiger partial charge in [0.05, 0.1) is 0 Å². The summed E-state index contributed by atoms with van der Waals surface area (Å²) in [6.07, 6.45) is 15.7. The minimum atomic E-state index is -0.711. The summed E-state index contributed by atoms with van der Waals surface area (Å²) >= 11 is 0. The highest BCUT2D eigenvalue weighted by molar-refractivity contribution is 5.68. The maximum atomic E-state index is 14.4. The monoisotopic (exact) mass is 440 g/mol. The van der Waals surface area contributed by atoms with Crippen molar-refractivity contribution >= 4 is 5.83 Å². The Balaban J connectivity index is 1.82. The van der Waals surface area contributed by atoms with Crippen LogP contribution in [0.2, 0.25) is 0 Å². The van der Waals surface area contributed by atoms with Gasteiger partial charge in [-0.05, 0) is 36.0 Å². The van der Waals surface area contributed by atoms with Crippen LogP contribution in [0.15, 0.2) is 54.4 Å². The minimum Gasteiger partial charge on any atom is -0.209 e. The van der Waals surface area contributed by atoms with Crippen molar-refractivity contribution in [2.24, 2.45) is 0 Å². The lowest BCUT2D eigenvalue weighted by molar-refractivity contribution is 0.531. The van der Waals surface area contributed by atoms with Gasteiger partial charge in [0, 0.05) is 12.0 Å². The zero-order valence-electron chi connectivity index (χ0n) is 20.3. The third-order valence-electron chi connectivity index (χ3n) is 6.23.